The summed E-state index contributed by atoms with van der Waals surface area (Å²) in [7, 11) is 0. The number of fused-ring (bicyclic) bond motifs is 1. The molecule has 4 rings (SSSR count). The molecule has 1 fully saturated rings. The van der Waals surface area contributed by atoms with E-state index >= 15 is 0 Å². The molecule has 1 saturated carbocycles. The highest BCUT2D eigenvalue weighted by molar-refractivity contribution is 7.99. The summed E-state index contributed by atoms with van der Waals surface area (Å²) in [6.45, 7) is 2.78. The molecule has 1 aliphatic carbocycles. The molecular formula is C21H23N3O2S2. The summed E-state index contributed by atoms with van der Waals surface area (Å²) < 4.78 is 1.66. The van der Waals surface area contributed by atoms with Gasteiger partial charge >= 0.3 is 0 Å². The summed E-state index contributed by atoms with van der Waals surface area (Å²) >= 11 is 2.84. The topological polar surface area (TPSA) is 64.0 Å². The second kappa shape index (κ2) is 8.49. The Bertz CT molecular complexity index is 1040. The van der Waals surface area contributed by atoms with Crippen LogP contribution in [0.2, 0.25) is 0 Å². The Morgan fingerprint density at radius 2 is 2.11 bits per heavy atom. The molecule has 3 aromatic rings. The number of nitrogens with zero attached hydrogens (tertiary/aromatic N) is 2. The minimum absolute atomic E-state index is 0.0303. The first-order valence-electron chi connectivity index (χ1n) is 9.68. The first-order chi connectivity index (χ1) is 13.7. The smallest absolute Gasteiger partial charge is 0.267 e. The van der Waals surface area contributed by atoms with Crippen molar-refractivity contribution in [3.8, 4) is 5.69 Å². The van der Waals surface area contributed by atoms with Gasteiger partial charge in [-0.15, -0.1) is 11.3 Å². The number of amides is 1. The minimum atomic E-state index is -0.0340. The van der Waals surface area contributed by atoms with Gasteiger partial charge in [-0.2, -0.15) is 0 Å². The van der Waals surface area contributed by atoms with E-state index in [0.29, 0.717) is 17.6 Å². The van der Waals surface area contributed by atoms with Crippen molar-refractivity contribution < 1.29 is 4.79 Å². The van der Waals surface area contributed by atoms with Crippen LogP contribution in [-0.4, -0.2) is 27.8 Å². The molecule has 28 heavy (non-hydrogen) atoms. The van der Waals surface area contributed by atoms with Crippen molar-refractivity contribution in [2.24, 2.45) is 0 Å². The molecule has 0 aliphatic heterocycles. The van der Waals surface area contributed by atoms with E-state index in [2.05, 4.69) is 17.6 Å². The molecule has 1 aromatic carbocycles. The minimum Gasteiger partial charge on any atom is -0.355 e. The Kier molecular flexibility index (Phi) is 5.82. The number of nitrogens with one attached hydrogen (secondary N) is 1. The number of hydrogen-bond donors (Lipinski definition) is 1. The SMILES string of the molecule is CCCCNC(=O)CSc1nc2scc(C3CC3)c2c(=O)n1-c1ccccc1. The highest BCUT2D eigenvalue weighted by Crippen LogP contribution is 2.44. The molecule has 7 heteroatoms. The molecule has 2 aromatic heterocycles. The summed E-state index contributed by atoms with van der Waals surface area (Å²) in [5, 5.41) is 6.31. The van der Waals surface area contributed by atoms with Crippen molar-refractivity contribution in [3.63, 3.8) is 0 Å². The molecule has 0 unspecified atom stereocenters. The van der Waals surface area contributed by atoms with E-state index in [9.17, 15) is 9.59 Å². The van der Waals surface area contributed by atoms with Crippen LogP contribution in [0.1, 0.15) is 44.1 Å². The molecule has 0 radical (unpaired) electrons. The van der Waals surface area contributed by atoms with Gasteiger partial charge in [0.1, 0.15) is 4.83 Å². The van der Waals surface area contributed by atoms with Crippen LogP contribution in [0.25, 0.3) is 15.9 Å². The number of unbranched alkanes of at least 4 members (excludes halogenated alkanes) is 1. The lowest BCUT2D eigenvalue weighted by atomic mass is 10.1. The van der Waals surface area contributed by atoms with Crippen molar-refractivity contribution in [1.29, 1.82) is 0 Å². The highest BCUT2D eigenvalue weighted by Gasteiger charge is 2.29. The van der Waals surface area contributed by atoms with Crippen LogP contribution in [0.5, 0.6) is 0 Å². The monoisotopic (exact) mass is 413 g/mol. The molecule has 0 atom stereocenters. The van der Waals surface area contributed by atoms with Crippen molar-refractivity contribution in [1.82, 2.24) is 14.9 Å². The third kappa shape index (κ3) is 4.00. The maximum absolute atomic E-state index is 13.4. The third-order valence-corrected chi connectivity index (χ3v) is 6.65. The van der Waals surface area contributed by atoms with Gasteiger partial charge in [0, 0.05) is 6.54 Å². The highest BCUT2D eigenvalue weighted by atomic mass is 32.2. The Labute approximate surface area is 172 Å². The Hall–Kier alpha value is -2.12. The zero-order valence-electron chi connectivity index (χ0n) is 15.8. The van der Waals surface area contributed by atoms with Crippen molar-refractivity contribution >= 4 is 39.2 Å². The number of carbonyl (C=O) groups excluding carboxylic acids is 1. The summed E-state index contributed by atoms with van der Waals surface area (Å²) in [6, 6.07) is 9.56. The van der Waals surface area contributed by atoms with E-state index in [-0.39, 0.29) is 17.2 Å². The lowest BCUT2D eigenvalue weighted by Gasteiger charge is -2.12. The first-order valence-corrected chi connectivity index (χ1v) is 11.5. The average Bonchev–Trinajstić information content (AvgIpc) is 3.46. The molecule has 146 valence electrons. The second-order valence-electron chi connectivity index (χ2n) is 7.01. The summed E-state index contributed by atoms with van der Waals surface area (Å²) in [4.78, 5) is 31.1. The van der Waals surface area contributed by atoms with Gasteiger partial charge in [-0.05, 0) is 48.3 Å². The third-order valence-electron chi connectivity index (χ3n) is 4.82. The van der Waals surface area contributed by atoms with Crippen LogP contribution < -0.4 is 10.9 Å². The van der Waals surface area contributed by atoms with Crippen LogP contribution in [-0.2, 0) is 4.79 Å². The fraction of sp³-hybridized carbons (Fsp3) is 0.381. The quantitative estimate of drug-likeness (QED) is 0.339. The number of rotatable bonds is 8. The predicted octanol–water partition coefficient (Wildman–Crippen LogP) is 4.33. The fourth-order valence-corrected chi connectivity index (χ4v) is 5.08. The van der Waals surface area contributed by atoms with Crippen LogP contribution in [0.4, 0.5) is 0 Å². The van der Waals surface area contributed by atoms with Crippen molar-refractivity contribution in [2.45, 2.75) is 43.7 Å². The fourth-order valence-electron chi connectivity index (χ4n) is 3.18. The van der Waals surface area contributed by atoms with Gasteiger partial charge < -0.3 is 5.32 Å². The van der Waals surface area contributed by atoms with Crippen LogP contribution in [0, 0.1) is 0 Å². The van der Waals surface area contributed by atoms with Crippen LogP contribution >= 0.6 is 23.1 Å². The molecule has 5 nitrogen and oxygen atoms in total. The van der Waals surface area contributed by atoms with Gasteiger partial charge in [-0.3, -0.25) is 14.2 Å². The van der Waals surface area contributed by atoms with Gasteiger partial charge in [-0.25, -0.2) is 4.98 Å². The zero-order chi connectivity index (χ0) is 19.5. The van der Waals surface area contributed by atoms with Crippen molar-refractivity contribution in [2.75, 3.05) is 12.3 Å². The molecular weight excluding hydrogens is 390 g/mol. The van der Waals surface area contributed by atoms with Gasteiger partial charge in [0.15, 0.2) is 5.16 Å². The van der Waals surface area contributed by atoms with E-state index < -0.39 is 0 Å². The van der Waals surface area contributed by atoms with Gasteiger partial charge in [0.2, 0.25) is 5.91 Å². The standard InChI is InChI=1S/C21H23N3O2S2/c1-2-3-11-22-17(25)13-28-21-23-19-18(16(12-27-19)14-9-10-14)20(26)24(21)15-7-5-4-6-8-15/h4-8,12,14H,2-3,9-11,13H2,1H3,(H,22,25). The largest absolute Gasteiger partial charge is 0.355 e. The molecule has 0 saturated heterocycles. The number of hydrogen-bond acceptors (Lipinski definition) is 5. The normalized spacial score (nSPS) is 13.8. The Morgan fingerprint density at radius 1 is 1.32 bits per heavy atom. The van der Waals surface area contributed by atoms with E-state index in [1.54, 1.807) is 4.57 Å². The van der Waals surface area contributed by atoms with E-state index in [1.165, 1.54) is 23.1 Å². The van der Waals surface area contributed by atoms with E-state index in [4.69, 9.17) is 4.98 Å². The zero-order valence-corrected chi connectivity index (χ0v) is 17.4. The summed E-state index contributed by atoms with van der Waals surface area (Å²) in [5.41, 5.74) is 1.88. The molecule has 1 aliphatic rings. The molecule has 1 amide bonds. The number of thiophene rings is 1. The molecule has 0 spiro atoms. The number of carbonyl (C=O) groups is 1. The van der Waals surface area contributed by atoms with E-state index in [1.807, 2.05) is 30.3 Å². The van der Waals surface area contributed by atoms with Gasteiger partial charge in [0.05, 0.1) is 16.8 Å². The Balaban J connectivity index is 1.70. The predicted molar refractivity (Wildman–Crippen MR) is 116 cm³/mol. The van der Waals surface area contributed by atoms with Gasteiger partial charge in [-0.1, -0.05) is 43.3 Å². The summed E-state index contributed by atoms with van der Waals surface area (Å²) in [6.07, 6.45) is 4.30. The maximum Gasteiger partial charge on any atom is 0.267 e. The first kappa shape index (κ1) is 19.2. The van der Waals surface area contributed by atoms with Crippen LogP contribution in [0.15, 0.2) is 45.7 Å². The number of para-hydroxylation sites is 1. The molecule has 2 heterocycles. The lowest BCUT2D eigenvalue weighted by molar-refractivity contribution is -0.118. The summed E-state index contributed by atoms with van der Waals surface area (Å²) in [5.74, 6) is 0.711. The molecule has 0 bridgehead atoms. The lowest BCUT2D eigenvalue weighted by Crippen LogP contribution is -2.27. The Morgan fingerprint density at radius 3 is 2.82 bits per heavy atom. The number of aromatic nitrogens is 2. The van der Waals surface area contributed by atoms with E-state index in [0.717, 1.165) is 47.2 Å². The number of benzene rings is 1. The molecule has 1 N–H and O–H groups in total. The van der Waals surface area contributed by atoms with Crippen LogP contribution in [0.3, 0.4) is 0 Å². The maximum atomic E-state index is 13.4. The number of thioether (sulfide) groups is 1. The van der Waals surface area contributed by atoms with Gasteiger partial charge in [0.25, 0.3) is 5.56 Å². The van der Waals surface area contributed by atoms with Crippen molar-refractivity contribution in [3.05, 3.63) is 51.6 Å². The second-order valence-corrected chi connectivity index (χ2v) is 8.81. The average molecular weight is 414 g/mol.